The minimum Gasteiger partial charge on any atom is -0.445 e. The third-order valence-electron chi connectivity index (χ3n) is 4.85. The molecule has 0 aromatic heterocycles. The normalized spacial score (nSPS) is 17.8. The Balaban J connectivity index is 1.61. The zero-order valence-electron chi connectivity index (χ0n) is 17.6. The maximum Gasteiger partial charge on any atom is 0.408 e. The fraction of sp³-hybridized carbons (Fsp3) is 0.304. The van der Waals surface area contributed by atoms with Gasteiger partial charge in [-0.2, -0.15) is 0 Å². The van der Waals surface area contributed by atoms with Crippen LogP contribution < -0.4 is 16.0 Å². The quantitative estimate of drug-likeness (QED) is 0.401. The molecular formula is C23H25N3O6. The molecule has 3 N–H and O–H groups in total. The highest BCUT2D eigenvalue weighted by Gasteiger charge is 2.43. The lowest BCUT2D eigenvalue weighted by molar-refractivity contribution is -0.164. The average molecular weight is 439 g/mol. The molecule has 168 valence electrons. The molecule has 0 aliphatic carbocycles. The van der Waals surface area contributed by atoms with Gasteiger partial charge in [0.1, 0.15) is 12.6 Å². The van der Waals surface area contributed by atoms with Crippen LogP contribution in [0.15, 0.2) is 60.7 Å². The molecule has 1 aliphatic heterocycles. The molecule has 0 bridgehead atoms. The van der Waals surface area contributed by atoms with Gasteiger partial charge in [0.15, 0.2) is 6.04 Å². The predicted molar refractivity (Wildman–Crippen MR) is 114 cm³/mol. The Hall–Kier alpha value is -3.88. The van der Waals surface area contributed by atoms with Crippen LogP contribution in [0.4, 0.5) is 4.79 Å². The van der Waals surface area contributed by atoms with Gasteiger partial charge in [0.25, 0.3) is 5.91 Å². The first-order valence-electron chi connectivity index (χ1n) is 10.2. The summed E-state index contributed by atoms with van der Waals surface area (Å²) in [4.78, 5) is 48.1. The van der Waals surface area contributed by atoms with E-state index in [1.807, 2.05) is 60.7 Å². The van der Waals surface area contributed by atoms with Gasteiger partial charge in [-0.25, -0.2) is 4.79 Å². The lowest BCUT2D eigenvalue weighted by Gasteiger charge is -2.36. The molecule has 3 atom stereocenters. The minimum absolute atomic E-state index is 0.0548. The lowest BCUT2D eigenvalue weighted by Crippen LogP contribution is -2.71. The molecule has 0 spiro atoms. The van der Waals surface area contributed by atoms with E-state index in [2.05, 4.69) is 16.0 Å². The van der Waals surface area contributed by atoms with Gasteiger partial charge >= 0.3 is 12.1 Å². The average Bonchev–Trinajstić information content (AvgIpc) is 2.79. The number of nitrogens with one attached hydrogen (secondary N) is 3. The van der Waals surface area contributed by atoms with Crippen molar-refractivity contribution in [1.29, 1.82) is 0 Å². The highest BCUT2D eigenvalue weighted by molar-refractivity contribution is 5.95. The molecule has 2 aromatic carbocycles. The van der Waals surface area contributed by atoms with Gasteiger partial charge < -0.3 is 25.4 Å². The maximum absolute atomic E-state index is 12.9. The summed E-state index contributed by atoms with van der Waals surface area (Å²) in [6.07, 6.45) is -0.897. The van der Waals surface area contributed by atoms with E-state index in [9.17, 15) is 19.2 Å². The topological polar surface area (TPSA) is 123 Å². The zero-order valence-corrected chi connectivity index (χ0v) is 17.6. The van der Waals surface area contributed by atoms with Gasteiger partial charge in [-0.05, 0) is 24.0 Å². The van der Waals surface area contributed by atoms with Crippen LogP contribution in [0.1, 0.15) is 24.5 Å². The number of hydrogen-bond acceptors (Lipinski definition) is 6. The Morgan fingerprint density at radius 1 is 1.00 bits per heavy atom. The fourth-order valence-electron chi connectivity index (χ4n) is 3.16. The molecular weight excluding hydrogens is 414 g/mol. The number of amides is 3. The molecule has 1 aliphatic rings. The summed E-state index contributed by atoms with van der Waals surface area (Å²) in [5, 5.41) is 7.50. The van der Waals surface area contributed by atoms with E-state index in [1.54, 1.807) is 0 Å². The smallest absolute Gasteiger partial charge is 0.408 e. The molecule has 0 radical (unpaired) electrons. The van der Waals surface area contributed by atoms with E-state index in [0.29, 0.717) is 6.42 Å². The van der Waals surface area contributed by atoms with Crippen LogP contribution >= 0.6 is 0 Å². The van der Waals surface area contributed by atoms with E-state index in [4.69, 9.17) is 9.47 Å². The Kier molecular flexibility index (Phi) is 7.80. The van der Waals surface area contributed by atoms with E-state index in [0.717, 1.165) is 11.1 Å². The minimum atomic E-state index is -1.02. The lowest BCUT2D eigenvalue weighted by atomic mass is 10.0. The summed E-state index contributed by atoms with van der Waals surface area (Å²) < 4.78 is 10.2. The van der Waals surface area contributed by atoms with Crippen LogP contribution in [-0.4, -0.2) is 42.2 Å². The van der Waals surface area contributed by atoms with Gasteiger partial charge in [-0.3, -0.25) is 14.4 Å². The summed E-state index contributed by atoms with van der Waals surface area (Å²) in [6, 6.07) is 16.7. The van der Waals surface area contributed by atoms with Crippen LogP contribution in [0, 0.1) is 0 Å². The van der Waals surface area contributed by atoms with Gasteiger partial charge in [0.05, 0.1) is 0 Å². The summed E-state index contributed by atoms with van der Waals surface area (Å²) in [5.41, 5.74) is 1.80. The van der Waals surface area contributed by atoms with E-state index >= 15 is 0 Å². The number of esters is 1. The Morgan fingerprint density at radius 2 is 1.62 bits per heavy atom. The van der Waals surface area contributed by atoms with Crippen molar-refractivity contribution in [1.82, 2.24) is 16.0 Å². The van der Waals surface area contributed by atoms with Crippen molar-refractivity contribution < 1.29 is 28.7 Å². The third kappa shape index (κ3) is 6.56. The molecule has 1 saturated heterocycles. The summed E-state index contributed by atoms with van der Waals surface area (Å²) in [6.45, 7) is 1.26. The molecule has 9 nitrogen and oxygen atoms in total. The SMILES string of the molecule is CC(=O)O[C@@H]1NC(=O)[C@H]1NC(=O)[C@@H](CCc1ccccc1)NC(=O)OCc1ccccc1. The summed E-state index contributed by atoms with van der Waals surface area (Å²) in [7, 11) is 0. The largest absolute Gasteiger partial charge is 0.445 e. The van der Waals surface area contributed by atoms with E-state index in [-0.39, 0.29) is 13.0 Å². The maximum atomic E-state index is 12.9. The first kappa shape index (κ1) is 22.8. The van der Waals surface area contributed by atoms with Crippen molar-refractivity contribution in [3.8, 4) is 0 Å². The Bertz CT molecular complexity index is 951. The monoisotopic (exact) mass is 439 g/mol. The number of rotatable bonds is 9. The second-order valence-electron chi connectivity index (χ2n) is 7.31. The predicted octanol–water partition coefficient (Wildman–Crippen LogP) is 1.42. The number of ether oxygens (including phenoxy) is 2. The molecule has 0 saturated carbocycles. The van der Waals surface area contributed by atoms with Crippen molar-refractivity contribution in [3.63, 3.8) is 0 Å². The first-order chi connectivity index (χ1) is 15.4. The highest BCUT2D eigenvalue weighted by Crippen LogP contribution is 2.11. The Morgan fingerprint density at radius 3 is 2.22 bits per heavy atom. The van der Waals surface area contributed by atoms with Gasteiger partial charge in [0.2, 0.25) is 12.1 Å². The van der Waals surface area contributed by atoms with E-state index < -0.39 is 42.2 Å². The van der Waals surface area contributed by atoms with Crippen molar-refractivity contribution in [2.45, 2.75) is 44.7 Å². The van der Waals surface area contributed by atoms with Crippen LogP contribution in [-0.2, 0) is 36.9 Å². The number of carbonyl (C=O) groups is 4. The van der Waals surface area contributed by atoms with Crippen molar-refractivity contribution in [2.24, 2.45) is 0 Å². The van der Waals surface area contributed by atoms with Gasteiger partial charge in [0, 0.05) is 6.92 Å². The zero-order chi connectivity index (χ0) is 22.9. The molecule has 3 rings (SSSR count). The van der Waals surface area contributed by atoms with Gasteiger partial charge in [-0.15, -0.1) is 0 Å². The second kappa shape index (κ2) is 10.9. The molecule has 0 unspecified atom stereocenters. The van der Waals surface area contributed by atoms with Crippen molar-refractivity contribution in [2.75, 3.05) is 0 Å². The molecule has 32 heavy (non-hydrogen) atoms. The van der Waals surface area contributed by atoms with Crippen LogP contribution in [0.3, 0.4) is 0 Å². The van der Waals surface area contributed by atoms with Gasteiger partial charge in [-0.1, -0.05) is 60.7 Å². The van der Waals surface area contributed by atoms with Crippen molar-refractivity contribution >= 4 is 23.9 Å². The molecule has 2 aromatic rings. The number of benzene rings is 2. The number of alkyl carbamates (subject to hydrolysis) is 1. The number of carbonyl (C=O) groups excluding carboxylic acids is 4. The highest BCUT2D eigenvalue weighted by atomic mass is 16.6. The van der Waals surface area contributed by atoms with Crippen molar-refractivity contribution in [3.05, 3.63) is 71.8 Å². The van der Waals surface area contributed by atoms with Crippen LogP contribution in [0.25, 0.3) is 0 Å². The first-order valence-corrected chi connectivity index (χ1v) is 10.2. The molecule has 9 heteroatoms. The third-order valence-corrected chi connectivity index (χ3v) is 4.85. The fourth-order valence-corrected chi connectivity index (χ4v) is 3.16. The summed E-state index contributed by atoms with van der Waals surface area (Å²) >= 11 is 0. The number of hydrogen-bond donors (Lipinski definition) is 3. The summed E-state index contributed by atoms with van der Waals surface area (Å²) in [5.74, 6) is -1.63. The van der Waals surface area contributed by atoms with Crippen LogP contribution in [0.2, 0.25) is 0 Å². The standard InChI is InChI=1S/C23H25N3O6/c1-15(27)32-22-19(21(29)26-22)25-20(28)18(13-12-16-8-4-2-5-9-16)24-23(30)31-14-17-10-6-3-7-11-17/h2-11,18-19,22H,12-14H2,1H3,(H,24,30)(H,25,28)(H,26,29)/t18-,19-,22+/m1/s1. The second-order valence-corrected chi connectivity index (χ2v) is 7.31. The Labute approximate surface area is 185 Å². The molecule has 1 fully saturated rings. The number of aryl methyl sites for hydroxylation is 1. The molecule has 3 amide bonds. The number of β-lactam (4-membered cyclic amide) rings is 1. The van der Waals surface area contributed by atoms with E-state index in [1.165, 1.54) is 6.92 Å². The van der Waals surface area contributed by atoms with Crippen LogP contribution in [0.5, 0.6) is 0 Å². The molecule has 1 heterocycles.